The van der Waals surface area contributed by atoms with E-state index in [4.69, 9.17) is 23.2 Å². The van der Waals surface area contributed by atoms with Crippen LogP contribution in [0.5, 0.6) is 0 Å². The number of alkyl halides is 1. The van der Waals surface area contributed by atoms with Gasteiger partial charge in [0.25, 0.3) is 5.91 Å². The van der Waals surface area contributed by atoms with Crippen LogP contribution in [0.25, 0.3) is 0 Å². The van der Waals surface area contributed by atoms with Gasteiger partial charge in [-0.15, -0.1) is 22.9 Å². The average Bonchev–Trinajstić information content (AvgIpc) is 2.80. The van der Waals surface area contributed by atoms with E-state index in [1.54, 1.807) is 17.5 Å². The maximum absolute atomic E-state index is 12.0. The topological polar surface area (TPSA) is 42.0 Å². The van der Waals surface area contributed by atoms with Gasteiger partial charge in [0, 0.05) is 5.38 Å². The predicted octanol–water partition coefficient (Wildman–Crippen LogP) is 4.10. The number of hydrogen-bond donors (Lipinski definition) is 1. The van der Waals surface area contributed by atoms with Gasteiger partial charge in [-0.25, -0.2) is 4.98 Å². The third-order valence-corrected chi connectivity index (χ3v) is 3.93. The maximum Gasteiger partial charge on any atom is 0.258 e. The van der Waals surface area contributed by atoms with Gasteiger partial charge in [0.05, 0.1) is 22.2 Å². The van der Waals surface area contributed by atoms with E-state index in [9.17, 15) is 4.79 Å². The fourth-order valence-electron chi connectivity index (χ4n) is 1.41. The molecule has 0 unspecified atom stereocenters. The largest absolute Gasteiger partial charge is 0.298 e. The number of aromatic nitrogens is 1. The van der Waals surface area contributed by atoms with Crippen molar-refractivity contribution < 1.29 is 4.79 Å². The van der Waals surface area contributed by atoms with Crippen LogP contribution in [0, 0.1) is 6.92 Å². The molecule has 94 valence electrons. The van der Waals surface area contributed by atoms with Crippen LogP contribution in [0.1, 0.15) is 21.6 Å². The number of carbonyl (C=O) groups is 1. The molecule has 1 heterocycles. The molecule has 0 saturated heterocycles. The highest BCUT2D eigenvalue weighted by Gasteiger charge is 2.13. The third-order valence-electron chi connectivity index (χ3n) is 2.35. The highest BCUT2D eigenvalue weighted by Crippen LogP contribution is 2.23. The van der Waals surface area contributed by atoms with Gasteiger partial charge in [0.2, 0.25) is 0 Å². The molecule has 0 aliphatic rings. The van der Waals surface area contributed by atoms with E-state index in [0.717, 1.165) is 11.3 Å². The number of rotatable bonds is 3. The Bertz CT molecular complexity index is 583. The molecule has 0 aliphatic heterocycles. The summed E-state index contributed by atoms with van der Waals surface area (Å²) in [5.74, 6) is 0.0663. The van der Waals surface area contributed by atoms with Crippen LogP contribution in [-0.2, 0) is 5.88 Å². The number of nitrogens with zero attached hydrogens (tertiary/aromatic N) is 1. The molecular formula is C12H10Cl2N2OS. The van der Waals surface area contributed by atoms with Gasteiger partial charge in [-0.2, -0.15) is 0 Å². The smallest absolute Gasteiger partial charge is 0.258 e. The molecule has 0 radical (unpaired) electrons. The number of halogens is 2. The van der Waals surface area contributed by atoms with Crippen LogP contribution >= 0.6 is 34.5 Å². The van der Waals surface area contributed by atoms with Gasteiger partial charge >= 0.3 is 0 Å². The Kier molecular flexibility index (Phi) is 4.22. The fourth-order valence-corrected chi connectivity index (χ4v) is 2.56. The van der Waals surface area contributed by atoms with E-state index in [0.29, 0.717) is 21.6 Å². The van der Waals surface area contributed by atoms with Gasteiger partial charge in [0.15, 0.2) is 5.13 Å². The Balaban J connectivity index is 2.19. The predicted molar refractivity (Wildman–Crippen MR) is 75.8 cm³/mol. The summed E-state index contributed by atoms with van der Waals surface area (Å²) in [4.78, 5) is 16.2. The molecule has 0 atom stereocenters. The van der Waals surface area contributed by atoms with E-state index < -0.39 is 0 Å². The summed E-state index contributed by atoms with van der Waals surface area (Å²) >= 11 is 13.1. The second-order valence-corrected chi connectivity index (χ2v) is 5.17. The number of hydrogen-bond acceptors (Lipinski definition) is 3. The second-order valence-electron chi connectivity index (χ2n) is 3.67. The summed E-state index contributed by atoms with van der Waals surface area (Å²) in [5, 5.41) is 5.50. The van der Waals surface area contributed by atoms with Crippen molar-refractivity contribution in [2.24, 2.45) is 0 Å². The molecular weight excluding hydrogens is 291 g/mol. The number of aryl methyl sites for hydroxylation is 1. The number of carbonyl (C=O) groups excluding carboxylic acids is 1. The summed E-state index contributed by atoms with van der Waals surface area (Å²) in [6.45, 7) is 1.86. The van der Waals surface area contributed by atoms with E-state index in [-0.39, 0.29) is 5.91 Å². The van der Waals surface area contributed by atoms with Crippen LogP contribution in [0.2, 0.25) is 5.02 Å². The lowest BCUT2D eigenvalue weighted by atomic mass is 10.1. The summed E-state index contributed by atoms with van der Waals surface area (Å²) in [6, 6.07) is 5.33. The summed E-state index contributed by atoms with van der Waals surface area (Å²) in [6.07, 6.45) is 0. The first kappa shape index (κ1) is 13.3. The Morgan fingerprint density at radius 3 is 2.94 bits per heavy atom. The molecule has 0 aliphatic carbocycles. The van der Waals surface area contributed by atoms with Gasteiger partial charge in [0.1, 0.15) is 0 Å². The van der Waals surface area contributed by atoms with Crippen molar-refractivity contribution in [3.05, 3.63) is 45.4 Å². The molecule has 1 aromatic heterocycles. The SMILES string of the molecule is Cc1cccc(C(=O)Nc2nc(CCl)cs2)c1Cl. The average molecular weight is 301 g/mol. The minimum Gasteiger partial charge on any atom is -0.298 e. The highest BCUT2D eigenvalue weighted by molar-refractivity contribution is 7.14. The Morgan fingerprint density at radius 1 is 1.50 bits per heavy atom. The Hall–Kier alpha value is -1.10. The third kappa shape index (κ3) is 2.83. The Morgan fingerprint density at radius 2 is 2.28 bits per heavy atom. The molecule has 1 amide bonds. The van der Waals surface area contributed by atoms with Crippen molar-refractivity contribution in [3.8, 4) is 0 Å². The van der Waals surface area contributed by atoms with E-state index in [2.05, 4.69) is 10.3 Å². The lowest BCUT2D eigenvalue weighted by molar-refractivity contribution is 0.102. The van der Waals surface area contributed by atoms with Crippen LogP contribution in [0.15, 0.2) is 23.6 Å². The minimum atomic E-state index is -0.265. The molecule has 18 heavy (non-hydrogen) atoms. The van der Waals surface area contributed by atoms with Crippen LogP contribution in [0.4, 0.5) is 5.13 Å². The van der Waals surface area contributed by atoms with Crippen molar-refractivity contribution in [2.75, 3.05) is 5.32 Å². The number of amides is 1. The van der Waals surface area contributed by atoms with Crippen molar-refractivity contribution >= 4 is 45.6 Å². The first-order valence-corrected chi connectivity index (χ1v) is 6.98. The van der Waals surface area contributed by atoms with Crippen molar-refractivity contribution in [3.63, 3.8) is 0 Å². The van der Waals surface area contributed by atoms with E-state index >= 15 is 0 Å². The monoisotopic (exact) mass is 300 g/mol. The second kappa shape index (κ2) is 5.69. The van der Waals surface area contributed by atoms with Crippen molar-refractivity contribution in [1.82, 2.24) is 4.98 Å². The molecule has 3 nitrogen and oxygen atoms in total. The van der Waals surface area contributed by atoms with Crippen molar-refractivity contribution in [2.45, 2.75) is 12.8 Å². The summed E-state index contributed by atoms with van der Waals surface area (Å²) in [5.41, 5.74) is 2.05. The minimum absolute atomic E-state index is 0.265. The molecule has 0 bridgehead atoms. The normalized spacial score (nSPS) is 10.4. The van der Waals surface area contributed by atoms with Crippen LogP contribution in [-0.4, -0.2) is 10.9 Å². The van der Waals surface area contributed by atoms with Gasteiger partial charge in [-0.05, 0) is 18.6 Å². The molecule has 1 N–H and O–H groups in total. The van der Waals surface area contributed by atoms with E-state index in [1.165, 1.54) is 11.3 Å². The van der Waals surface area contributed by atoms with Crippen molar-refractivity contribution in [1.29, 1.82) is 0 Å². The first-order chi connectivity index (χ1) is 8.61. The molecule has 6 heteroatoms. The highest BCUT2D eigenvalue weighted by atomic mass is 35.5. The van der Waals surface area contributed by atoms with Gasteiger partial charge in [-0.3, -0.25) is 10.1 Å². The van der Waals surface area contributed by atoms with Crippen LogP contribution in [0.3, 0.4) is 0 Å². The lowest BCUT2D eigenvalue weighted by Gasteiger charge is -2.05. The molecule has 2 aromatic rings. The van der Waals surface area contributed by atoms with Gasteiger partial charge in [-0.1, -0.05) is 23.7 Å². The van der Waals surface area contributed by atoms with E-state index in [1.807, 2.05) is 13.0 Å². The standard InChI is InChI=1S/C12H10Cl2N2OS/c1-7-3-2-4-9(10(7)14)11(17)16-12-15-8(5-13)6-18-12/h2-4,6H,5H2,1H3,(H,15,16,17). The zero-order valence-electron chi connectivity index (χ0n) is 9.54. The number of thiazole rings is 1. The Labute approximate surface area is 119 Å². The summed E-state index contributed by atoms with van der Waals surface area (Å²) < 4.78 is 0. The molecule has 0 saturated carbocycles. The summed E-state index contributed by atoms with van der Waals surface area (Å²) in [7, 11) is 0. The maximum atomic E-state index is 12.0. The zero-order valence-corrected chi connectivity index (χ0v) is 11.9. The number of benzene rings is 1. The number of nitrogens with one attached hydrogen (secondary N) is 1. The van der Waals surface area contributed by atoms with Crippen LogP contribution < -0.4 is 5.32 Å². The fraction of sp³-hybridized carbons (Fsp3) is 0.167. The molecule has 0 spiro atoms. The molecule has 2 rings (SSSR count). The molecule has 1 aromatic carbocycles. The first-order valence-electron chi connectivity index (χ1n) is 5.18. The molecule has 0 fully saturated rings. The van der Waals surface area contributed by atoms with Gasteiger partial charge < -0.3 is 0 Å². The zero-order chi connectivity index (χ0) is 13.1. The lowest BCUT2D eigenvalue weighted by Crippen LogP contribution is -2.12. The number of anilines is 1. The quantitative estimate of drug-likeness (QED) is 0.867.